The van der Waals surface area contributed by atoms with Crippen molar-refractivity contribution in [3.05, 3.63) is 90.0 Å². The highest BCUT2D eigenvalue weighted by Gasteiger charge is 2.11. The van der Waals surface area contributed by atoms with Gasteiger partial charge in [-0.15, -0.1) is 9.24 Å². The number of rotatable bonds is 7. The molecule has 2 N–H and O–H groups in total. The Morgan fingerprint density at radius 2 is 1.48 bits per heavy atom. The minimum atomic E-state index is -0.261. The molecule has 5 heteroatoms. The summed E-state index contributed by atoms with van der Waals surface area (Å²) in [7, 11) is 2.65. The van der Waals surface area contributed by atoms with E-state index in [1.54, 1.807) is 12.1 Å². The van der Waals surface area contributed by atoms with E-state index < -0.39 is 0 Å². The highest BCUT2D eigenvalue weighted by atomic mass is 31.0. The third-order valence-electron chi connectivity index (χ3n) is 4.59. The quantitative estimate of drug-likeness (QED) is 0.594. The summed E-state index contributed by atoms with van der Waals surface area (Å²) in [5.74, 6) is -0.460. The van der Waals surface area contributed by atoms with Gasteiger partial charge in [0.2, 0.25) is 5.91 Å². The van der Waals surface area contributed by atoms with Gasteiger partial charge in [-0.2, -0.15) is 0 Å². The normalized spacial score (nSPS) is 11.5. The molecular formula is C24H25N2O2P. The highest BCUT2D eigenvalue weighted by Crippen LogP contribution is 2.19. The first kappa shape index (κ1) is 20.8. The second-order valence-corrected chi connectivity index (χ2v) is 7.71. The lowest BCUT2D eigenvalue weighted by atomic mass is 10.0. The van der Waals surface area contributed by atoms with E-state index in [2.05, 4.69) is 19.9 Å². The monoisotopic (exact) mass is 404 g/mol. The van der Waals surface area contributed by atoms with E-state index in [1.807, 2.05) is 73.7 Å². The summed E-state index contributed by atoms with van der Waals surface area (Å²) in [6, 6.07) is 25.5. The molecule has 0 spiro atoms. The predicted molar refractivity (Wildman–Crippen MR) is 121 cm³/mol. The summed E-state index contributed by atoms with van der Waals surface area (Å²) >= 11 is 0. The fourth-order valence-corrected chi connectivity index (χ4v) is 3.28. The lowest BCUT2D eigenvalue weighted by molar-refractivity contribution is -0.120. The van der Waals surface area contributed by atoms with Crippen molar-refractivity contribution in [1.82, 2.24) is 10.6 Å². The van der Waals surface area contributed by atoms with Crippen LogP contribution in [-0.4, -0.2) is 24.4 Å². The van der Waals surface area contributed by atoms with Gasteiger partial charge >= 0.3 is 0 Å². The van der Waals surface area contributed by atoms with Gasteiger partial charge in [-0.05, 0) is 47.5 Å². The van der Waals surface area contributed by atoms with Crippen molar-refractivity contribution in [3.63, 3.8) is 0 Å². The molecule has 0 radical (unpaired) electrons. The Balaban J connectivity index is 1.47. The van der Waals surface area contributed by atoms with Crippen LogP contribution in [0.5, 0.6) is 0 Å². The van der Waals surface area contributed by atoms with Gasteiger partial charge in [0, 0.05) is 11.6 Å². The molecule has 0 saturated heterocycles. The molecule has 0 aliphatic heterocycles. The first-order valence-corrected chi connectivity index (χ1v) is 10.2. The van der Waals surface area contributed by atoms with Crippen molar-refractivity contribution in [3.8, 4) is 11.1 Å². The maximum Gasteiger partial charge on any atom is 0.251 e. The van der Waals surface area contributed by atoms with Gasteiger partial charge in [-0.3, -0.25) is 9.59 Å². The van der Waals surface area contributed by atoms with Gasteiger partial charge in [0.15, 0.2) is 0 Å². The summed E-state index contributed by atoms with van der Waals surface area (Å²) in [5, 5.41) is 6.73. The zero-order valence-corrected chi connectivity index (χ0v) is 17.5. The van der Waals surface area contributed by atoms with Crippen LogP contribution in [0.1, 0.15) is 22.8 Å². The van der Waals surface area contributed by atoms with E-state index in [4.69, 9.17) is 0 Å². The Morgan fingerprint density at radius 3 is 2.14 bits per heavy atom. The van der Waals surface area contributed by atoms with Crippen LogP contribution < -0.4 is 15.9 Å². The number of hydrogen-bond donors (Lipinski definition) is 2. The van der Waals surface area contributed by atoms with Crippen LogP contribution in [0.15, 0.2) is 78.9 Å². The molecule has 2 amide bonds. The Bertz CT molecular complexity index is 954. The van der Waals surface area contributed by atoms with E-state index >= 15 is 0 Å². The fourth-order valence-electron chi connectivity index (χ4n) is 3.09. The van der Waals surface area contributed by atoms with Crippen molar-refractivity contribution in [2.45, 2.75) is 19.4 Å². The minimum Gasteiger partial charge on any atom is -0.352 e. The van der Waals surface area contributed by atoms with Crippen LogP contribution >= 0.6 is 9.24 Å². The topological polar surface area (TPSA) is 58.2 Å². The molecule has 0 fully saturated rings. The Hall–Kier alpha value is -2.97. The lowest BCUT2D eigenvalue weighted by Crippen LogP contribution is -2.41. The Kier molecular flexibility index (Phi) is 7.15. The number of benzene rings is 3. The number of amides is 2. The molecule has 148 valence electrons. The first-order valence-electron chi connectivity index (χ1n) is 9.59. The van der Waals surface area contributed by atoms with Gasteiger partial charge in [-0.25, -0.2) is 0 Å². The number of carbonyl (C=O) groups excluding carboxylic acids is 2. The zero-order chi connectivity index (χ0) is 20.6. The largest absolute Gasteiger partial charge is 0.352 e. The van der Waals surface area contributed by atoms with E-state index in [-0.39, 0.29) is 24.4 Å². The van der Waals surface area contributed by atoms with E-state index in [1.165, 1.54) is 0 Å². The summed E-state index contributed by atoms with van der Waals surface area (Å²) < 4.78 is 0. The van der Waals surface area contributed by atoms with Gasteiger partial charge in [0.25, 0.3) is 5.91 Å². The van der Waals surface area contributed by atoms with E-state index in [0.717, 1.165) is 28.4 Å². The van der Waals surface area contributed by atoms with Crippen LogP contribution in [0.3, 0.4) is 0 Å². The van der Waals surface area contributed by atoms with Crippen molar-refractivity contribution in [2.24, 2.45) is 0 Å². The lowest BCUT2D eigenvalue weighted by Gasteiger charge is -2.14. The van der Waals surface area contributed by atoms with Crippen LogP contribution in [0.25, 0.3) is 11.1 Å². The Morgan fingerprint density at radius 1 is 0.862 bits per heavy atom. The Labute approximate surface area is 173 Å². The molecule has 0 bridgehead atoms. The maximum absolute atomic E-state index is 12.3. The highest BCUT2D eigenvalue weighted by molar-refractivity contribution is 7.27. The molecule has 0 aliphatic rings. The van der Waals surface area contributed by atoms with Crippen LogP contribution in [0.2, 0.25) is 0 Å². The van der Waals surface area contributed by atoms with Gasteiger partial charge in [0.05, 0.1) is 6.54 Å². The van der Waals surface area contributed by atoms with Crippen molar-refractivity contribution in [2.75, 3.05) is 6.54 Å². The number of carbonyl (C=O) groups is 2. The second kappa shape index (κ2) is 9.99. The molecule has 0 aromatic heterocycles. The standard InChI is InChI=1S/C24H25N2O2P/c1-17(15-18-7-13-22(29)14-8-18)26-23(27)16-25-24(28)21-11-9-20(10-12-21)19-5-3-2-4-6-19/h2-14,17H,15-16,29H2,1H3,(H,25,28)(H,26,27). The maximum atomic E-state index is 12.3. The molecule has 3 aromatic carbocycles. The van der Waals surface area contributed by atoms with Gasteiger partial charge in [0.1, 0.15) is 0 Å². The van der Waals surface area contributed by atoms with Crippen LogP contribution in [-0.2, 0) is 11.2 Å². The van der Waals surface area contributed by atoms with Gasteiger partial charge < -0.3 is 10.6 Å². The molecule has 3 rings (SSSR count). The van der Waals surface area contributed by atoms with E-state index in [9.17, 15) is 9.59 Å². The molecule has 4 nitrogen and oxygen atoms in total. The molecule has 0 heterocycles. The average Bonchev–Trinajstić information content (AvgIpc) is 2.74. The molecule has 29 heavy (non-hydrogen) atoms. The predicted octanol–water partition coefficient (Wildman–Crippen LogP) is 3.33. The first-order chi connectivity index (χ1) is 14.0. The fraction of sp³-hybridized carbons (Fsp3) is 0.167. The number of nitrogens with one attached hydrogen (secondary N) is 2. The van der Waals surface area contributed by atoms with Crippen LogP contribution in [0.4, 0.5) is 0 Å². The van der Waals surface area contributed by atoms with Crippen molar-refractivity contribution in [1.29, 1.82) is 0 Å². The molecule has 2 unspecified atom stereocenters. The summed E-state index contributed by atoms with van der Waals surface area (Å²) in [5.41, 5.74) is 3.83. The van der Waals surface area contributed by atoms with Gasteiger partial charge in [-0.1, -0.05) is 66.7 Å². The molecule has 2 atom stereocenters. The summed E-state index contributed by atoms with van der Waals surface area (Å²) in [6.45, 7) is 1.91. The van der Waals surface area contributed by atoms with E-state index in [0.29, 0.717) is 5.56 Å². The zero-order valence-electron chi connectivity index (χ0n) is 16.4. The molecule has 0 saturated carbocycles. The molecule has 3 aromatic rings. The van der Waals surface area contributed by atoms with Crippen LogP contribution in [0, 0.1) is 0 Å². The summed E-state index contributed by atoms with van der Waals surface area (Å²) in [4.78, 5) is 24.5. The average molecular weight is 404 g/mol. The summed E-state index contributed by atoms with van der Waals surface area (Å²) in [6.07, 6.45) is 0.742. The third kappa shape index (κ3) is 6.27. The second-order valence-electron chi connectivity index (χ2n) is 7.04. The SMILES string of the molecule is CC(Cc1ccc(P)cc1)NC(=O)CNC(=O)c1ccc(-c2ccccc2)cc1. The molecular weight excluding hydrogens is 379 g/mol. The van der Waals surface area contributed by atoms with Crippen molar-refractivity contribution < 1.29 is 9.59 Å². The molecule has 0 aliphatic carbocycles. The van der Waals surface area contributed by atoms with Crippen molar-refractivity contribution >= 4 is 26.4 Å². The smallest absolute Gasteiger partial charge is 0.251 e. The third-order valence-corrected chi connectivity index (χ3v) is 4.98. The minimum absolute atomic E-state index is 0.0140. The number of hydrogen-bond acceptors (Lipinski definition) is 2.